The summed E-state index contributed by atoms with van der Waals surface area (Å²) in [5.74, 6) is 1.97. The second-order valence-electron chi connectivity index (χ2n) is 7.48. The van der Waals surface area contributed by atoms with Crippen molar-refractivity contribution in [2.24, 2.45) is 5.92 Å². The molecule has 134 valence electrons. The zero-order valence-corrected chi connectivity index (χ0v) is 15.8. The summed E-state index contributed by atoms with van der Waals surface area (Å²) in [6.45, 7) is 6.12. The summed E-state index contributed by atoms with van der Waals surface area (Å²) >= 11 is 1.72. The van der Waals surface area contributed by atoms with E-state index in [9.17, 15) is 0 Å². The summed E-state index contributed by atoms with van der Waals surface area (Å²) in [5.41, 5.74) is 2.52. The van der Waals surface area contributed by atoms with Gasteiger partial charge in [-0.15, -0.1) is 11.3 Å². The van der Waals surface area contributed by atoms with Gasteiger partial charge >= 0.3 is 0 Å². The van der Waals surface area contributed by atoms with Crippen molar-refractivity contribution in [1.29, 1.82) is 0 Å². The Morgan fingerprint density at radius 2 is 1.81 bits per heavy atom. The quantitative estimate of drug-likeness (QED) is 0.692. The number of hydrogen-bond acceptors (Lipinski definition) is 5. The smallest absolute Gasteiger partial charge is 0.141 e. The molecule has 2 fully saturated rings. The fourth-order valence-electron chi connectivity index (χ4n) is 4.19. The highest BCUT2D eigenvalue weighted by molar-refractivity contribution is 7.17. The number of benzene rings is 1. The monoisotopic (exact) mass is 364 g/mol. The van der Waals surface area contributed by atoms with Gasteiger partial charge in [0.15, 0.2) is 0 Å². The minimum absolute atomic E-state index is 0.847. The first kappa shape index (κ1) is 16.2. The maximum absolute atomic E-state index is 4.71. The van der Waals surface area contributed by atoms with E-state index in [0.29, 0.717) is 0 Å². The first-order chi connectivity index (χ1) is 12.9. The first-order valence-corrected chi connectivity index (χ1v) is 10.5. The zero-order valence-electron chi connectivity index (χ0n) is 15.0. The lowest BCUT2D eigenvalue weighted by molar-refractivity contribution is 0.142. The Morgan fingerprint density at radius 1 is 1.00 bits per heavy atom. The van der Waals surface area contributed by atoms with Gasteiger partial charge in [0.2, 0.25) is 0 Å². The molecule has 0 aliphatic carbocycles. The summed E-state index contributed by atoms with van der Waals surface area (Å²) in [4.78, 5) is 15.4. The predicted molar refractivity (Wildman–Crippen MR) is 109 cm³/mol. The molecule has 2 aliphatic rings. The first-order valence-electron chi connectivity index (χ1n) is 9.63. The van der Waals surface area contributed by atoms with Crippen molar-refractivity contribution in [3.63, 3.8) is 0 Å². The molecule has 0 radical (unpaired) electrons. The lowest BCUT2D eigenvalue weighted by Crippen LogP contribution is -2.44. The van der Waals surface area contributed by atoms with Crippen LogP contribution in [-0.4, -0.2) is 47.6 Å². The second kappa shape index (κ2) is 6.97. The molecule has 4 nitrogen and oxygen atoms in total. The predicted octanol–water partition coefficient (Wildman–Crippen LogP) is 4.28. The van der Waals surface area contributed by atoms with Gasteiger partial charge in [0.1, 0.15) is 17.0 Å². The number of fused-ring (bicyclic) bond motifs is 1. The van der Waals surface area contributed by atoms with E-state index in [1.165, 1.54) is 55.4 Å². The molecule has 5 rings (SSSR count). The van der Waals surface area contributed by atoms with E-state index in [-0.39, 0.29) is 0 Å². The fraction of sp³-hybridized carbons (Fsp3) is 0.429. The highest BCUT2D eigenvalue weighted by Crippen LogP contribution is 2.38. The SMILES string of the molecule is c1ccc(-c2csc3ncnc(N4CCC(CN5CCC5)CC4)c23)cc1. The molecule has 0 N–H and O–H groups in total. The van der Waals surface area contributed by atoms with Crippen molar-refractivity contribution in [3.8, 4) is 11.1 Å². The van der Waals surface area contributed by atoms with E-state index in [2.05, 4.69) is 50.5 Å². The second-order valence-corrected chi connectivity index (χ2v) is 8.34. The van der Waals surface area contributed by atoms with Gasteiger partial charge in [-0.1, -0.05) is 30.3 Å². The van der Waals surface area contributed by atoms with E-state index < -0.39 is 0 Å². The number of nitrogens with zero attached hydrogens (tertiary/aromatic N) is 4. The Balaban J connectivity index is 1.41. The summed E-state index contributed by atoms with van der Waals surface area (Å²) in [7, 11) is 0. The molecule has 2 aromatic heterocycles. The summed E-state index contributed by atoms with van der Waals surface area (Å²) in [5, 5.41) is 3.46. The van der Waals surface area contributed by atoms with E-state index in [0.717, 1.165) is 29.7 Å². The van der Waals surface area contributed by atoms with Crippen LogP contribution in [0.1, 0.15) is 19.3 Å². The number of hydrogen-bond donors (Lipinski definition) is 0. The molecule has 0 amide bonds. The van der Waals surface area contributed by atoms with Crippen LogP contribution in [0.4, 0.5) is 5.82 Å². The average molecular weight is 365 g/mol. The maximum Gasteiger partial charge on any atom is 0.141 e. The third-order valence-electron chi connectivity index (χ3n) is 5.81. The molecule has 0 unspecified atom stereocenters. The molecular weight excluding hydrogens is 340 g/mol. The van der Waals surface area contributed by atoms with Crippen LogP contribution >= 0.6 is 11.3 Å². The average Bonchev–Trinajstić information content (AvgIpc) is 3.10. The van der Waals surface area contributed by atoms with Crippen molar-refractivity contribution in [2.45, 2.75) is 19.3 Å². The van der Waals surface area contributed by atoms with Crippen LogP contribution < -0.4 is 4.90 Å². The van der Waals surface area contributed by atoms with E-state index in [1.54, 1.807) is 17.7 Å². The topological polar surface area (TPSA) is 32.3 Å². The standard InChI is InChI=1S/C21H24N4S/c1-2-5-17(6-3-1)18-14-26-21-19(18)20(22-15-23-21)25-11-7-16(8-12-25)13-24-9-4-10-24/h1-3,5-6,14-16H,4,7-13H2. The molecule has 1 aromatic carbocycles. The minimum atomic E-state index is 0.847. The normalized spacial score (nSPS) is 19.0. The third kappa shape index (κ3) is 2.99. The third-order valence-corrected chi connectivity index (χ3v) is 6.70. The van der Waals surface area contributed by atoms with Crippen molar-refractivity contribution in [2.75, 3.05) is 37.6 Å². The molecule has 0 atom stereocenters. The van der Waals surface area contributed by atoms with Crippen LogP contribution in [0, 0.1) is 5.92 Å². The van der Waals surface area contributed by atoms with Gasteiger partial charge in [0.25, 0.3) is 0 Å². The molecule has 3 aromatic rings. The van der Waals surface area contributed by atoms with E-state index in [1.807, 2.05) is 0 Å². The Bertz CT molecular complexity index is 879. The van der Waals surface area contributed by atoms with Gasteiger partial charge < -0.3 is 9.80 Å². The van der Waals surface area contributed by atoms with Gasteiger partial charge in [-0.3, -0.25) is 0 Å². The Kier molecular flexibility index (Phi) is 4.35. The highest BCUT2D eigenvalue weighted by atomic mass is 32.1. The zero-order chi connectivity index (χ0) is 17.3. The lowest BCUT2D eigenvalue weighted by atomic mass is 9.94. The van der Waals surface area contributed by atoms with Gasteiger partial charge in [-0.25, -0.2) is 9.97 Å². The molecule has 5 heteroatoms. The Labute approximate surface area is 158 Å². The highest BCUT2D eigenvalue weighted by Gasteiger charge is 2.26. The molecule has 0 bridgehead atoms. The Hall–Kier alpha value is -1.98. The number of anilines is 1. The molecule has 2 aliphatic heterocycles. The number of likely N-dealkylation sites (tertiary alicyclic amines) is 1. The van der Waals surface area contributed by atoms with Crippen LogP contribution in [0.15, 0.2) is 42.0 Å². The molecular formula is C21H24N4S. The summed E-state index contributed by atoms with van der Waals surface area (Å²) < 4.78 is 0. The van der Waals surface area contributed by atoms with Gasteiger partial charge in [0, 0.05) is 30.6 Å². The van der Waals surface area contributed by atoms with Crippen molar-refractivity contribution >= 4 is 27.4 Å². The van der Waals surface area contributed by atoms with Crippen LogP contribution in [0.5, 0.6) is 0 Å². The number of aromatic nitrogens is 2. The van der Waals surface area contributed by atoms with E-state index in [4.69, 9.17) is 4.98 Å². The molecule has 2 saturated heterocycles. The van der Waals surface area contributed by atoms with E-state index >= 15 is 0 Å². The Morgan fingerprint density at radius 3 is 2.54 bits per heavy atom. The van der Waals surface area contributed by atoms with Crippen LogP contribution in [-0.2, 0) is 0 Å². The number of rotatable bonds is 4. The summed E-state index contributed by atoms with van der Waals surface area (Å²) in [6.07, 6.45) is 5.66. The maximum atomic E-state index is 4.71. The van der Waals surface area contributed by atoms with Gasteiger partial charge in [0.05, 0.1) is 5.39 Å². The summed E-state index contributed by atoms with van der Waals surface area (Å²) in [6, 6.07) is 10.6. The van der Waals surface area contributed by atoms with Crippen LogP contribution in [0.25, 0.3) is 21.3 Å². The van der Waals surface area contributed by atoms with Crippen molar-refractivity contribution in [3.05, 3.63) is 42.0 Å². The van der Waals surface area contributed by atoms with Gasteiger partial charge in [-0.2, -0.15) is 0 Å². The number of piperidine rings is 1. The minimum Gasteiger partial charge on any atom is -0.356 e. The fourth-order valence-corrected chi connectivity index (χ4v) is 5.10. The molecule has 4 heterocycles. The van der Waals surface area contributed by atoms with Crippen molar-refractivity contribution in [1.82, 2.24) is 14.9 Å². The van der Waals surface area contributed by atoms with Crippen molar-refractivity contribution < 1.29 is 0 Å². The van der Waals surface area contributed by atoms with Crippen LogP contribution in [0.2, 0.25) is 0 Å². The lowest BCUT2D eigenvalue weighted by Gasteiger charge is -2.38. The largest absolute Gasteiger partial charge is 0.356 e. The molecule has 0 saturated carbocycles. The number of thiophene rings is 1. The molecule has 0 spiro atoms. The molecule has 26 heavy (non-hydrogen) atoms. The van der Waals surface area contributed by atoms with Gasteiger partial charge in [-0.05, 0) is 43.8 Å². The van der Waals surface area contributed by atoms with Crippen LogP contribution in [0.3, 0.4) is 0 Å².